The molecule has 0 spiro atoms. The molecule has 0 aromatic carbocycles. The van der Waals surface area contributed by atoms with Gasteiger partial charge in [-0.15, -0.1) is 0 Å². The number of rotatable bonds is 7. The van der Waals surface area contributed by atoms with Gasteiger partial charge in [-0.2, -0.15) is 0 Å². The van der Waals surface area contributed by atoms with E-state index in [0.717, 1.165) is 64.8 Å². The average Bonchev–Trinajstić information content (AvgIpc) is 2.97. The van der Waals surface area contributed by atoms with Gasteiger partial charge in [-0.3, -0.25) is 4.79 Å². The second-order valence-electron chi connectivity index (χ2n) is 17.9. The lowest BCUT2D eigenvalue weighted by atomic mass is 9.34. The van der Waals surface area contributed by atoms with Gasteiger partial charge in [0.1, 0.15) is 0 Å². The predicted octanol–water partition coefficient (Wildman–Crippen LogP) is 7.81. The fourth-order valence-electron chi connectivity index (χ4n) is 12.5. The maximum atomic E-state index is 13.4. The van der Waals surface area contributed by atoms with Crippen LogP contribution in [0.15, 0.2) is 11.6 Å². The Morgan fingerprint density at radius 1 is 1.00 bits per heavy atom. The van der Waals surface area contributed by atoms with Gasteiger partial charge in [-0.1, -0.05) is 66.5 Å². The number of carboxylic acid groups (broad SMARTS) is 1. The third-order valence-corrected chi connectivity index (χ3v) is 15.9. The largest absolute Gasteiger partial charge is 0.481 e. The average molecular weight is 614 g/mol. The summed E-state index contributed by atoms with van der Waals surface area (Å²) in [7, 11) is 4.38. The van der Waals surface area contributed by atoms with Crippen LogP contribution in [0.25, 0.3) is 0 Å². The number of allylic oxidation sites excluding steroid dienone is 1. The first-order valence-corrected chi connectivity index (χ1v) is 18.0. The standard InChI is InChI=1S/C38H63NO5/c1-25(2)26(3)34(5)17-18-35(6)27-11-12-29-33(4)14-10-15-38(29,28(27)13-16-36(35,7)30(34)31(40)41)32(43-23-33)44-24-37(39(8)9)19-21-42-22-20-37/h13,25-27,29-30,32H,10-12,14-24H2,1-9H3,(H,40,41)/t26-,27?,29?,30?,32?,33?,34?,35?,36?,38?/m1/s1. The molecule has 4 aliphatic carbocycles. The van der Waals surface area contributed by atoms with Crippen LogP contribution in [0.3, 0.4) is 0 Å². The maximum absolute atomic E-state index is 13.4. The number of fused-ring (bicyclic) bond motifs is 3. The van der Waals surface area contributed by atoms with Gasteiger partial charge in [-0.05, 0) is 117 Å². The van der Waals surface area contributed by atoms with E-state index in [1.807, 2.05) is 0 Å². The molecule has 0 aromatic rings. The Bertz CT molecular complexity index is 1140. The van der Waals surface area contributed by atoms with E-state index in [0.29, 0.717) is 30.3 Å². The fraction of sp³-hybridized carbons (Fsp3) is 0.921. The summed E-state index contributed by atoms with van der Waals surface area (Å²) in [6.45, 7) is 19.5. The number of nitrogens with zero attached hydrogens (tertiary/aromatic N) is 1. The van der Waals surface area contributed by atoms with E-state index in [-0.39, 0.29) is 44.8 Å². The fourth-order valence-corrected chi connectivity index (χ4v) is 12.5. The molecule has 1 N–H and O–H groups in total. The maximum Gasteiger partial charge on any atom is 0.307 e. The van der Waals surface area contributed by atoms with Crippen molar-refractivity contribution in [2.24, 2.45) is 56.7 Å². The van der Waals surface area contributed by atoms with E-state index >= 15 is 0 Å². The molecule has 0 radical (unpaired) electrons. The first kappa shape index (κ1) is 33.0. The zero-order valence-corrected chi connectivity index (χ0v) is 29.5. The summed E-state index contributed by atoms with van der Waals surface area (Å²) in [6.07, 6.45) is 13.1. The minimum Gasteiger partial charge on any atom is -0.481 e. The van der Waals surface area contributed by atoms with Crippen molar-refractivity contribution in [1.82, 2.24) is 4.90 Å². The lowest BCUT2D eigenvalue weighted by molar-refractivity contribution is -0.310. The summed E-state index contributed by atoms with van der Waals surface area (Å²) < 4.78 is 19.8. The third kappa shape index (κ3) is 4.42. The highest BCUT2D eigenvalue weighted by Gasteiger charge is 2.71. The summed E-state index contributed by atoms with van der Waals surface area (Å²) in [5.74, 6) is 0.779. The number of carboxylic acids is 1. The SMILES string of the molecule is CC(C)[C@@H](C)C1(C)CCC2(C)C3CCC4C5(C)CCCC4(C3=CCC2(C)C1C(=O)O)C(OCC1(N(C)C)CCOCC1)OC5. The summed E-state index contributed by atoms with van der Waals surface area (Å²) >= 11 is 0. The summed E-state index contributed by atoms with van der Waals surface area (Å²) in [6, 6.07) is 0. The van der Waals surface area contributed by atoms with Crippen LogP contribution in [0.2, 0.25) is 0 Å². The minimum absolute atomic E-state index is 0.0294. The van der Waals surface area contributed by atoms with Crippen LogP contribution in [-0.2, 0) is 19.0 Å². The van der Waals surface area contributed by atoms with Crippen molar-refractivity contribution in [1.29, 1.82) is 0 Å². The minimum atomic E-state index is -0.588. The zero-order valence-electron chi connectivity index (χ0n) is 29.5. The normalized spacial score (nSPS) is 47.3. The van der Waals surface area contributed by atoms with Crippen LogP contribution in [-0.4, -0.2) is 68.3 Å². The van der Waals surface area contributed by atoms with Gasteiger partial charge in [0, 0.05) is 24.2 Å². The Morgan fingerprint density at radius 3 is 2.34 bits per heavy atom. The van der Waals surface area contributed by atoms with Gasteiger partial charge in [0.15, 0.2) is 6.29 Å². The van der Waals surface area contributed by atoms with Crippen molar-refractivity contribution in [2.75, 3.05) is 40.5 Å². The van der Waals surface area contributed by atoms with E-state index in [4.69, 9.17) is 14.2 Å². The summed E-state index contributed by atoms with van der Waals surface area (Å²) in [4.78, 5) is 15.8. The zero-order chi connectivity index (χ0) is 31.9. The first-order valence-electron chi connectivity index (χ1n) is 18.0. The van der Waals surface area contributed by atoms with Crippen molar-refractivity contribution in [2.45, 2.75) is 125 Å². The Hall–Kier alpha value is -0.950. The van der Waals surface area contributed by atoms with Crippen LogP contribution in [0.1, 0.15) is 113 Å². The molecule has 0 aromatic heterocycles. The highest BCUT2D eigenvalue weighted by atomic mass is 16.7. The van der Waals surface area contributed by atoms with Crippen LogP contribution < -0.4 is 0 Å². The molecule has 2 heterocycles. The lowest BCUT2D eigenvalue weighted by Crippen LogP contribution is -2.68. The molecule has 2 aliphatic heterocycles. The lowest BCUT2D eigenvalue weighted by Gasteiger charge is -2.71. The molecule has 6 aliphatic rings. The van der Waals surface area contributed by atoms with E-state index in [1.54, 1.807) is 5.57 Å². The first-order chi connectivity index (χ1) is 20.6. The van der Waals surface area contributed by atoms with E-state index < -0.39 is 5.97 Å². The molecule has 6 nitrogen and oxygen atoms in total. The number of carbonyl (C=O) groups is 1. The second-order valence-corrected chi connectivity index (χ2v) is 17.9. The molecular weight excluding hydrogens is 550 g/mol. The molecule has 2 saturated heterocycles. The molecule has 5 fully saturated rings. The van der Waals surface area contributed by atoms with Gasteiger partial charge in [0.05, 0.1) is 19.1 Å². The smallest absolute Gasteiger partial charge is 0.307 e. The number of likely N-dealkylation sites (N-methyl/N-ethyl adjacent to an activating group) is 1. The van der Waals surface area contributed by atoms with E-state index in [9.17, 15) is 9.90 Å². The Labute approximate surface area is 268 Å². The topological polar surface area (TPSA) is 68.2 Å². The Balaban J connectivity index is 1.41. The summed E-state index contributed by atoms with van der Waals surface area (Å²) in [5.41, 5.74) is 1.01. The van der Waals surface area contributed by atoms with Crippen LogP contribution in [0, 0.1) is 56.7 Å². The Morgan fingerprint density at radius 2 is 1.70 bits per heavy atom. The molecule has 6 rings (SSSR count). The quantitative estimate of drug-likeness (QED) is 0.296. The second kappa shape index (κ2) is 11.1. The van der Waals surface area contributed by atoms with Crippen molar-refractivity contribution >= 4 is 5.97 Å². The van der Waals surface area contributed by atoms with Crippen molar-refractivity contribution in [3.05, 3.63) is 11.6 Å². The molecule has 9 unspecified atom stereocenters. The van der Waals surface area contributed by atoms with Crippen molar-refractivity contribution in [3.8, 4) is 0 Å². The van der Waals surface area contributed by atoms with Gasteiger partial charge in [0.25, 0.3) is 0 Å². The van der Waals surface area contributed by atoms with Crippen LogP contribution in [0.4, 0.5) is 0 Å². The number of hydrogen-bond donors (Lipinski definition) is 1. The van der Waals surface area contributed by atoms with Gasteiger partial charge >= 0.3 is 5.97 Å². The molecule has 10 atom stereocenters. The summed E-state index contributed by atoms with van der Waals surface area (Å²) in [5, 5.41) is 11.0. The monoisotopic (exact) mass is 613 g/mol. The van der Waals surface area contributed by atoms with Gasteiger partial charge < -0.3 is 24.2 Å². The molecule has 44 heavy (non-hydrogen) atoms. The number of aliphatic carboxylic acids is 1. The predicted molar refractivity (Wildman–Crippen MR) is 174 cm³/mol. The molecular formula is C38H63NO5. The molecule has 0 amide bonds. The van der Waals surface area contributed by atoms with E-state index in [1.165, 1.54) is 19.3 Å². The van der Waals surface area contributed by atoms with Crippen LogP contribution >= 0.6 is 0 Å². The van der Waals surface area contributed by atoms with Gasteiger partial charge in [-0.25, -0.2) is 0 Å². The molecule has 2 bridgehead atoms. The number of ether oxygens (including phenoxy) is 3. The van der Waals surface area contributed by atoms with Crippen molar-refractivity contribution in [3.63, 3.8) is 0 Å². The van der Waals surface area contributed by atoms with Crippen molar-refractivity contribution < 1.29 is 24.1 Å². The number of hydrogen-bond acceptors (Lipinski definition) is 5. The molecule has 3 saturated carbocycles. The highest BCUT2D eigenvalue weighted by Crippen LogP contribution is 2.75. The van der Waals surface area contributed by atoms with Gasteiger partial charge in [0.2, 0.25) is 0 Å². The van der Waals surface area contributed by atoms with E-state index in [2.05, 4.69) is 73.5 Å². The molecule has 250 valence electrons. The van der Waals surface area contributed by atoms with Crippen LogP contribution in [0.5, 0.6) is 0 Å². The molecule has 6 heteroatoms. The Kier molecular flexibility index (Phi) is 8.29. The highest BCUT2D eigenvalue weighted by molar-refractivity contribution is 5.73. The third-order valence-electron chi connectivity index (χ3n) is 15.9.